The van der Waals surface area contributed by atoms with Gasteiger partial charge in [0.25, 0.3) is 0 Å². The summed E-state index contributed by atoms with van der Waals surface area (Å²) in [6.45, 7) is 2.29. The molecule has 3 aromatic carbocycles. The molecule has 31 heavy (non-hydrogen) atoms. The summed E-state index contributed by atoms with van der Waals surface area (Å²) in [4.78, 5) is 23.4. The Labute approximate surface area is 186 Å². The molecule has 0 saturated carbocycles. The minimum atomic E-state index is 0.0294. The third-order valence-electron chi connectivity index (χ3n) is 5.81. The van der Waals surface area contributed by atoms with E-state index in [1.54, 1.807) is 11.8 Å². The first-order valence-corrected chi connectivity index (χ1v) is 11.8. The Morgan fingerprint density at radius 1 is 0.903 bits per heavy atom. The number of piperidine rings is 1. The molecule has 1 fully saturated rings. The quantitative estimate of drug-likeness (QED) is 0.299. The first-order chi connectivity index (χ1) is 15.3. The Hall–Kier alpha value is -3.05. The number of nitrogens with zero attached hydrogens (tertiary/aromatic N) is 2. The number of carbonyl (C=O) groups is 1. The smallest absolute Gasteiger partial charge is 0.193 e. The summed E-state index contributed by atoms with van der Waals surface area (Å²) in [5.41, 5.74) is 5.85. The number of benzene rings is 3. The van der Waals surface area contributed by atoms with Crippen LogP contribution >= 0.6 is 11.8 Å². The van der Waals surface area contributed by atoms with E-state index in [0.717, 1.165) is 35.0 Å². The number of thioether (sulfide) groups is 1. The molecule has 4 aromatic rings. The number of imidazole rings is 1. The minimum Gasteiger partial charge on any atom is -0.371 e. The number of carbonyl (C=O) groups excluding carboxylic acids is 1. The van der Waals surface area contributed by atoms with E-state index in [1.807, 2.05) is 48.5 Å². The van der Waals surface area contributed by atoms with Gasteiger partial charge in [-0.25, -0.2) is 4.98 Å². The molecule has 2 heterocycles. The first-order valence-electron chi connectivity index (χ1n) is 10.8. The van der Waals surface area contributed by atoms with Crippen molar-refractivity contribution in [1.29, 1.82) is 0 Å². The van der Waals surface area contributed by atoms with Gasteiger partial charge < -0.3 is 9.88 Å². The van der Waals surface area contributed by atoms with E-state index in [0.29, 0.717) is 11.1 Å². The van der Waals surface area contributed by atoms with Crippen molar-refractivity contribution in [3.63, 3.8) is 0 Å². The Kier molecular flexibility index (Phi) is 5.76. The molecule has 5 heteroatoms. The van der Waals surface area contributed by atoms with Crippen LogP contribution in [0.25, 0.3) is 11.0 Å². The van der Waals surface area contributed by atoms with Gasteiger partial charge in [0.1, 0.15) is 0 Å². The van der Waals surface area contributed by atoms with Crippen molar-refractivity contribution < 1.29 is 4.79 Å². The van der Waals surface area contributed by atoms with Crippen molar-refractivity contribution in [3.05, 3.63) is 89.5 Å². The molecule has 0 radical (unpaired) electrons. The van der Waals surface area contributed by atoms with Gasteiger partial charge in [-0.3, -0.25) is 4.79 Å². The van der Waals surface area contributed by atoms with Gasteiger partial charge in [0.05, 0.1) is 11.0 Å². The SMILES string of the molecule is O=C(c1ccccc1)c1ccc2nc(SCc3ccccc3N3CCCCC3)[nH]c2c1. The molecule has 0 atom stereocenters. The molecule has 0 aliphatic carbocycles. The van der Waals surface area contributed by atoms with Crippen molar-refractivity contribution in [1.82, 2.24) is 9.97 Å². The van der Waals surface area contributed by atoms with Gasteiger partial charge >= 0.3 is 0 Å². The molecule has 5 rings (SSSR count). The van der Waals surface area contributed by atoms with Crippen LogP contribution in [-0.4, -0.2) is 28.8 Å². The van der Waals surface area contributed by atoms with Crippen molar-refractivity contribution in [2.75, 3.05) is 18.0 Å². The summed E-state index contributed by atoms with van der Waals surface area (Å²) < 4.78 is 0. The van der Waals surface area contributed by atoms with Crippen molar-refractivity contribution in [3.8, 4) is 0 Å². The Bertz CT molecular complexity index is 1200. The number of rotatable bonds is 6. The van der Waals surface area contributed by atoms with Crippen LogP contribution in [0, 0.1) is 0 Å². The molecule has 1 saturated heterocycles. The molecule has 0 unspecified atom stereocenters. The fourth-order valence-electron chi connectivity index (χ4n) is 4.17. The van der Waals surface area contributed by atoms with Crippen LogP contribution in [0.3, 0.4) is 0 Å². The third-order valence-corrected chi connectivity index (χ3v) is 6.73. The number of hydrogen-bond acceptors (Lipinski definition) is 4. The molecular weight excluding hydrogens is 402 g/mol. The molecule has 4 nitrogen and oxygen atoms in total. The number of anilines is 1. The van der Waals surface area contributed by atoms with Gasteiger partial charge in [-0.05, 0) is 49.1 Å². The number of ketones is 1. The van der Waals surface area contributed by atoms with Gasteiger partial charge in [0, 0.05) is 35.7 Å². The standard InChI is InChI=1S/C26H25N3OS/c30-25(19-9-3-1-4-10-19)20-13-14-22-23(17-20)28-26(27-22)31-18-21-11-5-6-12-24(21)29-15-7-2-8-16-29/h1,3-6,9-14,17H,2,7-8,15-16,18H2,(H,27,28). The largest absolute Gasteiger partial charge is 0.371 e. The van der Waals surface area contributed by atoms with E-state index >= 15 is 0 Å². The number of H-pyrrole nitrogens is 1. The third kappa shape index (κ3) is 4.37. The second-order valence-electron chi connectivity index (χ2n) is 7.93. The lowest BCUT2D eigenvalue weighted by atomic mass is 10.0. The fraction of sp³-hybridized carbons (Fsp3) is 0.231. The maximum Gasteiger partial charge on any atom is 0.193 e. The van der Waals surface area contributed by atoms with Crippen LogP contribution in [0.5, 0.6) is 0 Å². The molecule has 0 amide bonds. The number of nitrogens with one attached hydrogen (secondary N) is 1. The Morgan fingerprint density at radius 2 is 1.68 bits per heavy atom. The van der Waals surface area contributed by atoms with Crippen LogP contribution in [0.1, 0.15) is 40.7 Å². The van der Waals surface area contributed by atoms with E-state index < -0.39 is 0 Å². The van der Waals surface area contributed by atoms with Crippen molar-refractivity contribution >= 4 is 34.3 Å². The summed E-state index contributed by atoms with van der Waals surface area (Å²) in [5, 5.41) is 0.882. The molecule has 156 valence electrons. The number of aromatic amines is 1. The average Bonchev–Trinajstić information content (AvgIpc) is 3.26. The summed E-state index contributed by atoms with van der Waals surface area (Å²) in [6.07, 6.45) is 3.88. The summed E-state index contributed by atoms with van der Waals surface area (Å²) in [7, 11) is 0. The zero-order chi connectivity index (χ0) is 21.0. The van der Waals surface area contributed by atoms with Crippen LogP contribution in [0.2, 0.25) is 0 Å². The normalized spacial score (nSPS) is 14.1. The maximum atomic E-state index is 12.8. The van der Waals surface area contributed by atoms with Crippen LogP contribution in [0.4, 0.5) is 5.69 Å². The summed E-state index contributed by atoms with van der Waals surface area (Å²) >= 11 is 1.71. The lowest BCUT2D eigenvalue weighted by Gasteiger charge is -2.30. The van der Waals surface area contributed by atoms with Crippen molar-refractivity contribution in [2.24, 2.45) is 0 Å². The molecular formula is C26H25N3OS. The molecule has 1 N–H and O–H groups in total. The highest BCUT2D eigenvalue weighted by atomic mass is 32.2. The first kappa shape index (κ1) is 19.9. The molecule has 0 spiro atoms. The lowest BCUT2D eigenvalue weighted by Crippen LogP contribution is -2.30. The van der Waals surface area contributed by atoms with E-state index in [9.17, 15) is 4.79 Å². The minimum absolute atomic E-state index is 0.0294. The van der Waals surface area contributed by atoms with Crippen molar-refractivity contribution in [2.45, 2.75) is 30.2 Å². The highest BCUT2D eigenvalue weighted by molar-refractivity contribution is 7.98. The monoisotopic (exact) mass is 427 g/mol. The second-order valence-corrected chi connectivity index (χ2v) is 8.90. The second kappa shape index (κ2) is 8.98. The van der Waals surface area contributed by atoms with Crippen LogP contribution in [-0.2, 0) is 5.75 Å². The number of para-hydroxylation sites is 1. The maximum absolute atomic E-state index is 12.8. The molecule has 0 bridgehead atoms. The fourth-order valence-corrected chi connectivity index (χ4v) is 5.06. The zero-order valence-corrected chi connectivity index (χ0v) is 18.2. The highest BCUT2D eigenvalue weighted by Gasteiger charge is 2.15. The van der Waals surface area contributed by atoms with Gasteiger partial charge in [0.2, 0.25) is 0 Å². The number of fused-ring (bicyclic) bond motifs is 1. The average molecular weight is 428 g/mol. The van der Waals surface area contributed by atoms with Crippen LogP contribution in [0.15, 0.2) is 78.0 Å². The Morgan fingerprint density at radius 3 is 2.52 bits per heavy atom. The summed E-state index contributed by atoms with van der Waals surface area (Å²) in [6, 6.07) is 23.8. The lowest BCUT2D eigenvalue weighted by molar-refractivity contribution is 0.103. The van der Waals surface area contributed by atoms with Crippen LogP contribution < -0.4 is 4.90 Å². The highest BCUT2D eigenvalue weighted by Crippen LogP contribution is 2.30. The number of aromatic nitrogens is 2. The molecule has 1 aliphatic rings. The van der Waals surface area contributed by atoms with E-state index in [2.05, 4.69) is 34.1 Å². The zero-order valence-electron chi connectivity index (χ0n) is 17.4. The van der Waals surface area contributed by atoms with Gasteiger partial charge in [0.15, 0.2) is 10.9 Å². The topological polar surface area (TPSA) is 49.0 Å². The predicted molar refractivity (Wildman–Crippen MR) is 128 cm³/mol. The van der Waals surface area contributed by atoms with Gasteiger partial charge in [-0.15, -0.1) is 0 Å². The van der Waals surface area contributed by atoms with Gasteiger partial charge in [-0.2, -0.15) is 0 Å². The van der Waals surface area contributed by atoms with Gasteiger partial charge in [-0.1, -0.05) is 60.3 Å². The van der Waals surface area contributed by atoms with E-state index in [4.69, 9.17) is 4.98 Å². The molecule has 1 aliphatic heterocycles. The molecule has 1 aromatic heterocycles. The summed E-state index contributed by atoms with van der Waals surface area (Å²) in [5.74, 6) is 0.893. The van der Waals surface area contributed by atoms with E-state index in [1.165, 1.54) is 30.5 Å². The number of hydrogen-bond donors (Lipinski definition) is 1. The Balaban J connectivity index is 1.33. The predicted octanol–water partition coefficient (Wildman–Crippen LogP) is 6.08. The van der Waals surface area contributed by atoms with E-state index in [-0.39, 0.29) is 5.78 Å².